The van der Waals surface area contributed by atoms with Crippen LogP contribution in [0.5, 0.6) is 0 Å². The fourth-order valence-corrected chi connectivity index (χ4v) is 3.61. The van der Waals surface area contributed by atoms with Crippen LogP contribution in [-0.2, 0) is 27.3 Å². The van der Waals surface area contributed by atoms with E-state index in [2.05, 4.69) is 5.32 Å². The summed E-state index contributed by atoms with van der Waals surface area (Å²) in [5.41, 5.74) is 2.51. The molecule has 0 aliphatic carbocycles. The third-order valence-corrected chi connectivity index (χ3v) is 5.43. The molecule has 1 aliphatic rings. The number of anilines is 1. The second-order valence-electron chi connectivity index (χ2n) is 6.38. The number of nitrogens with one attached hydrogen (secondary N) is 1. The van der Waals surface area contributed by atoms with Crippen LogP contribution in [0.15, 0.2) is 47.4 Å². The summed E-state index contributed by atoms with van der Waals surface area (Å²) >= 11 is 7.27. The van der Waals surface area contributed by atoms with Crippen molar-refractivity contribution >= 4 is 35.1 Å². The lowest BCUT2D eigenvalue weighted by atomic mass is 10.1. The second-order valence-corrected chi connectivity index (χ2v) is 7.46. The van der Waals surface area contributed by atoms with Crippen molar-refractivity contribution in [3.05, 3.63) is 58.6 Å². The van der Waals surface area contributed by atoms with E-state index < -0.39 is 0 Å². The molecular formula is C20H23ClN2O3S. The Hall–Kier alpha value is -1.57. The first-order valence-electron chi connectivity index (χ1n) is 8.88. The van der Waals surface area contributed by atoms with Crippen molar-refractivity contribution in [2.75, 3.05) is 18.5 Å². The van der Waals surface area contributed by atoms with E-state index in [4.69, 9.17) is 26.2 Å². The molecule has 0 radical (unpaired) electrons. The molecule has 144 valence electrons. The maximum Gasteiger partial charge on any atom is 0.228 e. The van der Waals surface area contributed by atoms with Gasteiger partial charge in [-0.2, -0.15) is 0 Å². The topological polar surface area (TPSA) is 73.6 Å². The van der Waals surface area contributed by atoms with Crippen LogP contribution in [-0.4, -0.2) is 25.2 Å². The van der Waals surface area contributed by atoms with Crippen molar-refractivity contribution in [1.29, 1.82) is 0 Å². The largest absolute Gasteiger partial charge is 0.381 e. The molecule has 3 N–H and O–H groups in total. The number of rotatable bonds is 7. The smallest absolute Gasteiger partial charge is 0.228 e. The Labute approximate surface area is 168 Å². The average molecular weight is 407 g/mol. The standard InChI is InChI=1S/C20H23ClN2O3S/c21-18-4-2-1-3-14(18)11-20(24)23-16-6-5-15(19(12-16)27-22)13-26-17-7-9-25-10-8-17/h1-6,12,17H,7-11,13,22H2,(H,23,24). The minimum Gasteiger partial charge on any atom is -0.381 e. The summed E-state index contributed by atoms with van der Waals surface area (Å²) in [5, 5.41) is 9.30. The molecule has 27 heavy (non-hydrogen) atoms. The van der Waals surface area contributed by atoms with Gasteiger partial charge in [-0.3, -0.25) is 9.93 Å². The van der Waals surface area contributed by atoms with Crippen molar-refractivity contribution in [2.24, 2.45) is 5.14 Å². The number of nitrogens with two attached hydrogens (primary N) is 1. The normalized spacial score (nSPS) is 14.9. The molecule has 1 aliphatic heterocycles. The van der Waals surface area contributed by atoms with Crippen molar-refractivity contribution in [3.63, 3.8) is 0 Å². The summed E-state index contributed by atoms with van der Waals surface area (Å²) in [6.07, 6.45) is 2.28. The van der Waals surface area contributed by atoms with Crippen LogP contribution in [0, 0.1) is 0 Å². The summed E-state index contributed by atoms with van der Waals surface area (Å²) in [6.45, 7) is 2.00. The van der Waals surface area contributed by atoms with Gasteiger partial charge >= 0.3 is 0 Å². The van der Waals surface area contributed by atoms with Crippen LogP contribution in [0.4, 0.5) is 5.69 Å². The molecular weight excluding hydrogens is 384 g/mol. The van der Waals surface area contributed by atoms with Crippen molar-refractivity contribution < 1.29 is 14.3 Å². The molecule has 0 aromatic heterocycles. The predicted octanol–water partition coefficient (Wildman–Crippen LogP) is 4.18. The molecule has 2 aromatic rings. The van der Waals surface area contributed by atoms with Gasteiger partial charge < -0.3 is 14.8 Å². The highest BCUT2D eigenvalue weighted by Crippen LogP contribution is 2.25. The van der Waals surface area contributed by atoms with Gasteiger partial charge in [-0.25, -0.2) is 0 Å². The Morgan fingerprint density at radius 3 is 2.74 bits per heavy atom. The molecule has 0 spiro atoms. The van der Waals surface area contributed by atoms with E-state index in [1.165, 1.54) is 0 Å². The van der Waals surface area contributed by atoms with E-state index in [0.29, 0.717) is 17.3 Å². The zero-order valence-electron chi connectivity index (χ0n) is 14.9. The van der Waals surface area contributed by atoms with E-state index in [-0.39, 0.29) is 18.4 Å². The summed E-state index contributed by atoms with van der Waals surface area (Å²) in [5.74, 6) is -0.123. The van der Waals surface area contributed by atoms with Crippen LogP contribution in [0.3, 0.4) is 0 Å². The number of carbonyl (C=O) groups excluding carboxylic acids is 1. The lowest BCUT2D eigenvalue weighted by Crippen LogP contribution is -2.23. The molecule has 1 fully saturated rings. The molecule has 0 bridgehead atoms. The van der Waals surface area contributed by atoms with Gasteiger partial charge in [0, 0.05) is 28.8 Å². The number of ether oxygens (including phenoxy) is 2. The number of benzene rings is 2. The van der Waals surface area contributed by atoms with Crippen LogP contribution >= 0.6 is 23.5 Å². The lowest BCUT2D eigenvalue weighted by molar-refractivity contribution is -0.115. The van der Waals surface area contributed by atoms with Gasteiger partial charge in [0.05, 0.1) is 19.1 Å². The van der Waals surface area contributed by atoms with Crippen LogP contribution in [0.2, 0.25) is 5.02 Å². The molecule has 2 aromatic carbocycles. The quantitative estimate of drug-likeness (QED) is 0.674. The molecule has 3 rings (SSSR count). The predicted molar refractivity (Wildman–Crippen MR) is 109 cm³/mol. The van der Waals surface area contributed by atoms with E-state index >= 15 is 0 Å². The van der Waals surface area contributed by atoms with Crippen LogP contribution in [0.25, 0.3) is 0 Å². The summed E-state index contributed by atoms with van der Waals surface area (Å²) in [6, 6.07) is 13.0. The first-order chi connectivity index (χ1) is 13.2. The Balaban J connectivity index is 1.59. The maximum atomic E-state index is 12.3. The number of amides is 1. The highest BCUT2D eigenvalue weighted by Gasteiger charge is 2.15. The third-order valence-electron chi connectivity index (χ3n) is 4.43. The highest BCUT2D eigenvalue weighted by atomic mass is 35.5. The van der Waals surface area contributed by atoms with Gasteiger partial charge in [0.15, 0.2) is 0 Å². The second kappa shape index (κ2) is 10.1. The molecule has 1 heterocycles. The average Bonchev–Trinajstić information content (AvgIpc) is 2.69. The SMILES string of the molecule is NSc1cc(NC(=O)Cc2ccccc2Cl)ccc1COC1CCOCC1. The van der Waals surface area contributed by atoms with Crippen molar-refractivity contribution in [1.82, 2.24) is 0 Å². The van der Waals surface area contributed by atoms with Gasteiger partial charge in [0.25, 0.3) is 0 Å². The van der Waals surface area contributed by atoms with Gasteiger partial charge in [-0.05, 0) is 54.1 Å². The van der Waals surface area contributed by atoms with E-state index in [1.54, 1.807) is 6.07 Å². The highest BCUT2D eigenvalue weighted by molar-refractivity contribution is 7.97. The molecule has 1 amide bonds. The summed E-state index contributed by atoms with van der Waals surface area (Å²) in [7, 11) is 0. The van der Waals surface area contributed by atoms with Crippen molar-refractivity contribution in [3.8, 4) is 0 Å². The van der Waals surface area contributed by atoms with Gasteiger partial charge in [-0.15, -0.1) is 0 Å². The van der Waals surface area contributed by atoms with E-state index in [1.807, 2.05) is 36.4 Å². The minimum atomic E-state index is -0.123. The van der Waals surface area contributed by atoms with Crippen LogP contribution in [0.1, 0.15) is 24.0 Å². The van der Waals surface area contributed by atoms with Gasteiger partial charge in [0.1, 0.15) is 0 Å². The zero-order chi connectivity index (χ0) is 19.1. The van der Waals surface area contributed by atoms with Crippen molar-refractivity contribution in [2.45, 2.75) is 36.9 Å². The third kappa shape index (κ3) is 5.96. The number of hydrogen-bond donors (Lipinski definition) is 2. The van der Waals surface area contributed by atoms with Gasteiger partial charge in [-0.1, -0.05) is 35.9 Å². The Morgan fingerprint density at radius 2 is 2.00 bits per heavy atom. The minimum absolute atomic E-state index is 0.123. The van der Waals surface area contributed by atoms with E-state index in [9.17, 15) is 4.79 Å². The Morgan fingerprint density at radius 1 is 1.22 bits per heavy atom. The molecule has 0 atom stereocenters. The van der Waals surface area contributed by atoms with Gasteiger partial charge in [0.2, 0.25) is 5.91 Å². The van der Waals surface area contributed by atoms with E-state index in [0.717, 1.165) is 54.0 Å². The summed E-state index contributed by atoms with van der Waals surface area (Å²) < 4.78 is 11.3. The molecule has 1 saturated heterocycles. The first-order valence-corrected chi connectivity index (χ1v) is 10.1. The number of halogens is 1. The Kier molecular flexibility index (Phi) is 7.55. The van der Waals surface area contributed by atoms with Crippen LogP contribution < -0.4 is 10.5 Å². The fourth-order valence-electron chi connectivity index (χ4n) is 2.93. The molecule has 7 heteroatoms. The monoisotopic (exact) mass is 406 g/mol. The fraction of sp³-hybridized carbons (Fsp3) is 0.350. The molecule has 0 unspecified atom stereocenters. The zero-order valence-corrected chi connectivity index (χ0v) is 16.5. The first kappa shape index (κ1) is 20.2. The lowest BCUT2D eigenvalue weighted by Gasteiger charge is -2.23. The summed E-state index contributed by atoms with van der Waals surface area (Å²) in [4.78, 5) is 13.2. The maximum absolute atomic E-state index is 12.3. The Bertz CT molecular complexity index is 782. The number of carbonyl (C=O) groups is 1. The molecule has 5 nitrogen and oxygen atoms in total. The molecule has 0 saturated carbocycles. The number of hydrogen-bond acceptors (Lipinski definition) is 5.